The van der Waals surface area contributed by atoms with Crippen molar-refractivity contribution >= 4 is 23.7 Å². The molecule has 0 atom stereocenters. The van der Waals surface area contributed by atoms with Crippen LogP contribution in [-0.2, 0) is 6.42 Å². The molecular weight excluding hydrogens is 330 g/mol. The van der Waals surface area contributed by atoms with E-state index in [1.165, 1.54) is 16.7 Å². The fourth-order valence-electron chi connectivity index (χ4n) is 3.60. The summed E-state index contributed by atoms with van der Waals surface area (Å²) in [6.45, 7) is 2.89. The van der Waals surface area contributed by atoms with Gasteiger partial charge >= 0.3 is 0 Å². The van der Waals surface area contributed by atoms with E-state index in [-0.39, 0.29) is 5.91 Å². The van der Waals surface area contributed by atoms with Crippen molar-refractivity contribution in [1.82, 2.24) is 0 Å². The smallest absolute Gasteiger partial charge is 0.258 e. The van der Waals surface area contributed by atoms with Crippen molar-refractivity contribution in [2.24, 2.45) is 0 Å². The van der Waals surface area contributed by atoms with Crippen LogP contribution in [0.1, 0.15) is 39.0 Å². The second-order valence-corrected chi connectivity index (χ2v) is 7.00. The van der Waals surface area contributed by atoms with Crippen LogP contribution in [0.3, 0.4) is 0 Å². The lowest BCUT2D eigenvalue weighted by Crippen LogP contribution is -2.35. The monoisotopic (exact) mass is 353 g/mol. The van der Waals surface area contributed by atoms with Crippen molar-refractivity contribution in [1.29, 1.82) is 0 Å². The Morgan fingerprint density at radius 1 is 0.889 bits per heavy atom. The molecule has 1 amide bonds. The number of hydrogen-bond acceptors (Lipinski definition) is 1. The summed E-state index contributed by atoms with van der Waals surface area (Å²) < 4.78 is 0. The Morgan fingerprint density at radius 3 is 2.44 bits per heavy atom. The molecule has 2 nitrogen and oxygen atoms in total. The first kappa shape index (κ1) is 17.3. The van der Waals surface area contributed by atoms with Gasteiger partial charge in [-0.2, -0.15) is 0 Å². The predicted molar refractivity (Wildman–Crippen MR) is 113 cm³/mol. The fourth-order valence-corrected chi connectivity index (χ4v) is 3.60. The van der Waals surface area contributed by atoms with Crippen molar-refractivity contribution in [3.8, 4) is 0 Å². The van der Waals surface area contributed by atoms with Crippen LogP contribution in [0.5, 0.6) is 0 Å². The van der Waals surface area contributed by atoms with E-state index < -0.39 is 0 Å². The van der Waals surface area contributed by atoms with Crippen molar-refractivity contribution in [2.45, 2.75) is 19.8 Å². The van der Waals surface area contributed by atoms with Gasteiger partial charge in [0.15, 0.2) is 0 Å². The Labute approximate surface area is 160 Å². The number of nitrogens with zero attached hydrogens (tertiary/aromatic N) is 1. The fraction of sp³-hybridized carbons (Fsp3) is 0.160. The third-order valence-electron chi connectivity index (χ3n) is 5.16. The molecule has 4 rings (SSSR count). The minimum absolute atomic E-state index is 0.0802. The van der Waals surface area contributed by atoms with Crippen LogP contribution in [0.4, 0.5) is 5.69 Å². The molecule has 0 N–H and O–H groups in total. The molecule has 0 bridgehead atoms. The zero-order valence-electron chi connectivity index (χ0n) is 15.6. The molecule has 1 aliphatic rings. The highest BCUT2D eigenvalue weighted by atomic mass is 16.2. The summed E-state index contributed by atoms with van der Waals surface area (Å²) in [5, 5.41) is 0. The van der Waals surface area contributed by atoms with Gasteiger partial charge in [-0.25, -0.2) is 0 Å². The number of benzene rings is 3. The molecule has 0 saturated heterocycles. The maximum Gasteiger partial charge on any atom is 0.258 e. The average Bonchev–Trinajstić information content (AvgIpc) is 2.73. The zero-order chi connectivity index (χ0) is 18.6. The van der Waals surface area contributed by atoms with E-state index in [0.29, 0.717) is 0 Å². The Bertz CT molecular complexity index is 985. The third-order valence-corrected chi connectivity index (χ3v) is 5.16. The standard InChI is InChI=1S/C25H23NO/c1-19-7-2-3-8-21(19)15-12-20-13-16-23(17-14-20)25(27)26-18-6-10-22-9-4-5-11-24(22)26/h2-5,7-9,11-17H,6,10,18H2,1H3/b15-12+. The molecule has 3 aromatic carbocycles. The van der Waals surface area contributed by atoms with Gasteiger partial charge in [0.1, 0.15) is 0 Å². The van der Waals surface area contributed by atoms with Gasteiger partial charge < -0.3 is 4.90 Å². The number of anilines is 1. The maximum atomic E-state index is 13.0. The van der Waals surface area contributed by atoms with Crippen LogP contribution in [0.2, 0.25) is 0 Å². The lowest BCUT2D eigenvalue weighted by molar-refractivity contribution is 0.0985. The molecule has 3 aromatic rings. The summed E-state index contributed by atoms with van der Waals surface area (Å²) in [4.78, 5) is 14.9. The Hall–Kier alpha value is -3.13. The molecular formula is C25H23NO. The first-order chi connectivity index (χ1) is 13.2. The number of carbonyl (C=O) groups is 1. The van der Waals surface area contributed by atoms with Crippen molar-refractivity contribution < 1.29 is 4.79 Å². The molecule has 134 valence electrons. The SMILES string of the molecule is Cc1ccccc1/C=C/c1ccc(C(=O)N2CCCc3ccccc32)cc1. The highest BCUT2D eigenvalue weighted by Gasteiger charge is 2.22. The van der Waals surface area contributed by atoms with Crippen LogP contribution in [0.25, 0.3) is 12.2 Å². The lowest BCUT2D eigenvalue weighted by atomic mass is 10.0. The summed E-state index contributed by atoms with van der Waals surface area (Å²) in [6, 6.07) is 24.4. The normalized spacial score (nSPS) is 13.6. The quantitative estimate of drug-likeness (QED) is 0.548. The third kappa shape index (κ3) is 3.70. The van der Waals surface area contributed by atoms with E-state index in [9.17, 15) is 4.79 Å². The van der Waals surface area contributed by atoms with Crippen LogP contribution in [0.15, 0.2) is 72.8 Å². The maximum absolute atomic E-state index is 13.0. The average molecular weight is 353 g/mol. The minimum atomic E-state index is 0.0802. The second-order valence-electron chi connectivity index (χ2n) is 7.00. The van der Waals surface area contributed by atoms with Gasteiger partial charge in [0.2, 0.25) is 0 Å². The molecule has 2 heteroatoms. The number of carbonyl (C=O) groups excluding carboxylic acids is 1. The topological polar surface area (TPSA) is 20.3 Å². The van der Waals surface area contributed by atoms with E-state index in [2.05, 4.69) is 37.3 Å². The molecule has 0 aromatic heterocycles. The Balaban J connectivity index is 1.53. The molecule has 0 aliphatic carbocycles. The van der Waals surface area contributed by atoms with Gasteiger partial charge in [-0.1, -0.05) is 66.7 Å². The van der Waals surface area contributed by atoms with Gasteiger partial charge in [0.05, 0.1) is 0 Å². The van der Waals surface area contributed by atoms with E-state index in [0.717, 1.165) is 36.2 Å². The van der Waals surface area contributed by atoms with Gasteiger partial charge in [0.25, 0.3) is 5.91 Å². The second kappa shape index (κ2) is 7.63. The molecule has 0 saturated carbocycles. The van der Waals surface area contributed by atoms with Crippen LogP contribution in [-0.4, -0.2) is 12.5 Å². The van der Waals surface area contributed by atoms with Gasteiger partial charge in [-0.15, -0.1) is 0 Å². The van der Waals surface area contributed by atoms with Gasteiger partial charge in [-0.3, -0.25) is 4.79 Å². The summed E-state index contributed by atoms with van der Waals surface area (Å²) in [7, 11) is 0. The Morgan fingerprint density at radius 2 is 1.63 bits per heavy atom. The Kier molecular flexibility index (Phi) is 4.88. The molecule has 27 heavy (non-hydrogen) atoms. The number of aryl methyl sites for hydroxylation is 2. The summed E-state index contributed by atoms with van der Waals surface area (Å²) in [5.74, 6) is 0.0802. The molecule has 0 spiro atoms. The van der Waals surface area contributed by atoms with Crippen LogP contribution < -0.4 is 4.90 Å². The highest BCUT2D eigenvalue weighted by Crippen LogP contribution is 2.28. The number of hydrogen-bond donors (Lipinski definition) is 0. The molecule has 1 aliphatic heterocycles. The summed E-state index contributed by atoms with van der Waals surface area (Å²) in [5.41, 5.74) is 6.60. The van der Waals surface area contributed by atoms with Gasteiger partial charge in [-0.05, 0) is 60.2 Å². The molecule has 1 heterocycles. The predicted octanol–water partition coefficient (Wildman–Crippen LogP) is 5.76. The highest BCUT2D eigenvalue weighted by molar-refractivity contribution is 6.06. The lowest BCUT2D eigenvalue weighted by Gasteiger charge is -2.29. The van der Waals surface area contributed by atoms with Crippen LogP contribution in [0, 0.1) is 6.92 Å². The first-order valence-corrected chi connectivity index (χ1v) is 9.46. The van der Waals surface area contributed by atoms with Crippen LogP contribution >= 0.6 is 0 Å². The number of fused-ring (bicyclic) bond motifs is 1. The van der Waals surface area contributed by atoms with Crippen molar-refractivity contribution in [3.05, 3.63) is 101 Å². The number of rotatable bonds is 3. The van der Waals surface area contributed by atoms with Gasteiger partial charge in [0, 0.05) is 17.8 Å². The number of para-hydroxylation sites is 1. The largest absolute Gasteiger partial charge is 0.308 e. The van der Waals surface area contributed by atoms with E-state index in [4.69, 9.17) is 0 Å². The molecule has 0 unspecified atom stereocenters. The molecule has 0 fully saturated rings. The van der Waals surface area contributed by atoms with E-state index in [1.807, 2.05) is 59.5 Å². The van der Waals surface area contributed by atoms with E-state index in [1.54, 1.807) is 0 Å². The minimum Gasteiger partial charge on any atom is -0.308 e. The van der Waals surface area contributed by atoms with Crippen molar-refractivity contribution in [3.63, 3.8) is 0 Å². The summed E-state index contributed by atoms with van der Waals surface area (Å²) >= 11 is 0. The zero-order valence-corrected chi connectivity index (χ0v) is 15.6. The molecule has 0 radical (unpaired) electrons. The van der Waals surface area contributed by atoms with Crippen molar-refractivity contribution in [2.75, 3.05) is 11.4 Å². The number of amides is 1. The summed E-state index contributed by atoms with van der Waals surface area (Å²) in [6.07, 6.45) is 6.27. The van der Waals surface area contributed by atoms with E-state index >= 15 is 0 Å². The first-order valence-electron chi connectivity index (χ1n) is 9.46.